The Labute approximate surface area is 111 Å². The molecule has 0 aliphatic carbocycles. The first-order chi connectivity index (χ1) is 8.69. The third kappa shape index (κ3) is 2.35. The summed E-state index contributed by atoms with van der Waals surface area (Å²) in [6.45, 7) is 1.92. The fraction of sp³-hybridized carbons (Fsp3) is 0.308. The summed E-state index contributed by atoms with van der Waals surface area (Å²) in [4.78, 5) is 7.21. The quantitative estimate of drug-likeness (QED) is 0.895. The lowest BCUT2D eigenvalue weighted by molar-refractivity contribution is 0.277. The Balaban J connectivity index is 2.53. The minimum Gasteiger partial charge on any atom is -0.496 e. The number of nitrogens with one attached hydrogen (secondary N) is 1. The van der Waals surface area contributed by atoms with Crippen molar-refractivity contribution in [1.29, 1.82) is 0 Å². The van der Waals surface area contributed by atoms with Crippen molar-refractivity contribution in [3.63, 3.8) is 0 Å². The lowest BCUT2D eigenvalue weighted by Gasteiger charge is -2.08. The summed E-state index contributed by atoms with van der Waals surface area (Å²) in [5.41, 5.74) is 2.54. The molecule has 0 fully saturated rings. The number of aromatic amines is 1. The second kappa shape index (κ2) is 5.42. The summed E-state index contributed by atoms with van der Waals surface area (Å²) in [5.74, 6) is 1.33. The fourth-order valence-corrected chi connectivity index (χ4v) is 1.97. The highest BCUT2D eigenvalue weighted by molar-refractivity contribution is 6.30. The smallest absolute Gasteiger partial charge is 0.153 e. The highest BCUT2D eigenvalue weighted by atomic mass is 35.5. The van der Waals surface area contributed by atoms with Gasteiger partial charge in [-0.3, -0.25) is 0 Å². The third-order valence-electron chi connectivity index (χ3n) is 2.81. The number of imidazole rings is 1. The van der Waals surface area contributed by atoms with Crippen LogP contribution in [0.25, 0.3) is 11.4 Å². The van der Waals surface area contributed by atoms with Crippen LogP contribution < -0.4 is 4.74 Å². The molecular weight excluding hydrogens is 252 g/mol. The zero-order valence-corrected chi connectivity index (χ0v) is 11.1. The third-order valence-corrected chi connectivity index (χ3v) is 3.13. The van der Waals surface area contributed by atoms with Gasteiger partial charge in [0.2, 0.25) is 0 Å². The van der Waals surface area contributed by atoms with Crippen molar-refractivity contribution in [3.05, 3.63) is 34.6 Å². The van der Waals surface area contributed by atoms with Crippen LogP contribution in [0.15, 0.2) is 18.2 Å². The van der Waals surface area contributed by atoms with E-state index in [1.54, 1.807) is 7.11 Å². The first kappa shape index (κ1) is 12.9. The molecule has 18 heavy (non-hydrogen) atoms. The molecule has 0 amide bonds. The van der Waals surface area contributed by atoms with E-state index >= 15 is 0 Å². The van der Waals surface area contributed by atoms with Gasteiger partial charge in [0.25, 0.3) is 0 Å². The van der Waals surface area contributed by atoms with Crippen LogP contribution in [-0.2, 0) is 13.0 Å². The molecule has 0 saturated carbocycles. The summed E-state index contributed by atoms with van der Waals surface area (Å²) in [6, 6.07) is 5.93. The van der Waals surface area contributed by atoms with Crippen LogP contribution in [0.4, 0.5) is 0 Å². The van der Waals surface area contributed by atoms with Crippen LogP contribution >= 0.6 is 11.6 Å². The molecule has 4 nitrogen and oxygen atoms in total. The summed E-state index contributed by atoms with van der Waals surface area (Å²) in [7, 11) is 1.61. The minimum absolute atomic E-state index is 0.165. The largest absolute Gasteiger partial charge is 0.496 e. The highest BCUT2D eigenvalue weighted by Gasteiger charge is 2.13. The molecule has 2 aromatic rings. The van der Waals surface area contributed by atoms with Crippen LogP contribution in [0.3, 0.4) is 0 Å². The van der Waals surface area contributed by atoms with Crippen LogP contribution in [-0.4, -0.2) is 22.2 Å². The van der Waals surface area contributed by atoms with E-state index in [2.05, 4.69) is 16.9 Å². The zero-order valence-electron chi connectivity index (χ0n) is 10.3. The van der Waals surface area contributed by atoms with E-state index in [1.807, 2.05) is 18.2 Å². The van der Waals surface area contributed by atoms with E-state index < -0.39 is 0 Å². The molecule has 1 aromatic carbocycles. The molecule has 0 unspecified atom stereocenters. The summed E-state index contributed by atoms with van der Waals surface area (Å²) in [6.07, 6.45) is 0.929. The molecule has 0 saturated heterocycles. The van der Waals surface area contributed by atoms with Crippen molar-refractivity contribution < 1.29 is 9.84 Å². The molecular formula is C13H15ClN2O2. The molecule has 0 atom stereocenters. The normalized spacial score (nSPS) is 10.7. The van der Waals surface area contributed by atoms with Crippen molar-refractivity contribution in [2.75, 3.05) is 7.11 Å². The molecule has 1 heterocycles. The van der Waals surface area contributed by atoms with Gasteiger partial charge >= 0.3 is 0 Å². The molecule has 2 rings (SSSR count). The number of aromatic nitrogens is 2. The van der Waals surface area contributed by atoms with Gasteiger partial charge in [-0.25, -0.2) is 4.98 Å². The Hall–Kier alpha value is -1.52. The number of ether oxygens (including phenoxy) is 1. The molecule has 1 aromatic heterocycles. The number of halogens is 1. The second-order valence-corrected chi connectivity index (χ2v) is 4.26. The SMILES string of the molecule is CCc1ccc(OC)c(-c2nc(Cl)c(CO)[nH]2)c1. The van der Waals surface area contributed by atoms with Gasteiger partial charge in [0.05, 0.1) is 25.0 Å². The number of hydrogen-bond donors (Lipinski definition) is 2. The van der Waals surface area contributed by atoms with Crippen molar-refractivity contribution in [2.24, 2.45) is 0 Å². The van der Waals surface area contributed by atoms with E-state index in [1.165, 1.54) is 5.56 Å². The molecule has 0 aliphatic heterocycles. The standard InChI is InChI=1S/C13H15ClN2O2/c1-3-8-4-5-11(18-2)9(6-8)13-15-10(7-17)12(14)16-13/h4-6,17H,3,7H2,1-2H3,(H,15,16). The van der Waals surface area contributed by atoms with Gasteiger partial charge in [0, 0.05) is 0 Å². The Morgan fingerprint density at radius 2 is 2.22 bits per heavy atom. The Kier molecular flexibility index (Phi) is 3.89. The minimum atomic E-state index is -0.165. The Bertz CT molecular complexity index is 552. The van der Waals surface area contributed by atoms with Gasteiger partial charge in [0.1, 0.15) is 11.6 Å². The first-order valence-electron chi connectivity index (χ1n) is 5.72. The number of hydrogen-bond acceptors (Lipinski definition) is 3. The van der Waals surface area contributed by atoms with Gasteiger partial charge in [0.15, 0.2) is 5.15 Å². The van der Waals surface area contributed by atoms with Gasteiger partial charge in [-0.15, -0.1) is 0 Å². The summed E-state index contributed by atoms with van der Waals surface area (Å²) in [5, 5.41) is 9.41. The van der Waals surface area contributed by atoms with Gasteiger partial charge in [-0.2, -0.15) is 0 Å². The number of nitrogens with zero attached hydrogens (tertiary/aromatic N) is 1. The van der Waals surface area contributed by atoms with Crippen LogP contribution in [0.1, 0.15) is 18.2 Å². The molecule has 0 spiro atoms. The van der Waals surface area contributed by atoms with Crippen LogP contribution in [0.2, 0.25) is 5.15 Å². The van der Waals surface area contributed by atoms with E-state index in [0.29, 0.717) is 11.5 Å². The maximum Gasteiger partial charge on any atom is 0.153 e. The maximum absolute atomic E-state index is 9.12. The van der Waals surface area contributed by atoms with Crippen LogP contribution in [0, 0.1) is 0 Å². The predicted octanol–water partition coefficient (Wildman–Crippen LogP) is 2.79. The van der Waals surface area contributed by atoms with Crippen molar-refractivity contribution >= 4 is 11.6 Å². The molecule has 0 bridgehead atoms. The topological polar surface area (TPSA) is 58.1 Å². The number of H-pyrrole nitrogens is 1. The van der Waals surface area contributed by atoms with Gasteiger partial charge in [-0.05, 0) is 24.1 Å². The lowest BCUT2D eigenvalue weighted by atomic mass is 10.1. The summed E-state index contributed by atoms with van der Waals surface area (Å²) < 4.78 is 5.32. The van der Waals surface area contributed by atoms with E-state index in [-0.39, 0.29) is 11.8 Å². The Morgan fingerprint density at radius 1 is 1.44 bits per heavy atom. The van der Waals surface area contributed by atoms with Crippen molar-refractivity contribution in [2.45, 2.75) is 20.0 Å². The summed E-state index contributed by atoms with van der Waals surface area (Å²) >= 11 is 5.92. The molecule has 0 radical (unpaired) electrons. The highest BCUT2D eigenvalue weighted by Crippen LogP contribution is 2.30. The number of aliphatic hydroxyl groups is 1. The Morgan fingerprint density at radius 3 is 2.78 bits per heavy atom. The number of rotatable bonds is 4. The van der Waals surface area contributed by atoms with E-state index in [9.17, 15) is 0 Å². The number of methoxy groups -OCH3 is 1. The van der Waals surface area contributed by atoms with Crippen LogP contribution in [0.5, 0.6) is 5.75 Å². The lowest BCUT2D eigenvalue weighted by Crippen LogP contribution is -1.92. The molecule has 2 N–H and O–H groups in total. The average molecular weight is 267 g/mol. The van der Waals surface area contributed by atoms with Gasteiger partial charge in [-0.1, -0.05) is 24.6 Å². The fourth-order valence-electron chi connectivity index (χ4n) is 1.78. The molecule has 96 valence electrons. The first-order valence-corrected chi connectivity index (χ1v) is 6.10. The maximum atomic E-state index is 9.12. The number of aryl methyl sites for hydroxylation is 1. The van der Waals surface area contributed by atoms with Gasteiger partial charge < -0.3 is 14.8 Å². The zero-order chi connectivity index (χ0) is 13.1. The second-order valence-electron chi connectivity index (χ2n) is 3.90. The number of aliphatic hydroxyl groups excluding tert-OH is 1. The monoisotopic (exact) mass is 266 g/mol. The van der Waals surface area contributed by atoms with E-state index in [0.717, 1.165) is 17.7 Å². The van der Waals surface area contributed by atoms with Crippen molar-refractivity contribution in [1.82, 2.24) is 9.97 Å². The van der Waals surface area contributed by atoms with E-state index in [4.69, 9.17) is 21.4 Å². The molecule has 5 heteroatoms. The van der Waals surface area contributed by atoms with Crippen molar-refractivity contribution in [3.8, 4) is 17.1 Å². The molecule has 0 aliphatic rings. The predicted molar refractivity (Wildman–Crippen MR) is 70.9 cm³/mol. The number of benzene rings is 1. The average Bonchev–Trinajstić information content (AvgIpc) is 2.79.